The quantitative estimate of drug-likeness (QED) is 0.818. The maximum Gasteiger partial charge on any atom is 0.253 e. The molecule has 18 heavy (non-hydrogen) atoms. The van der Waals surface area contributed by atoms with Crippen molar-refractivity contribution in [2.45, 2.75) is 6.42 Å². The van der Waals surface area contributed by atoms with Crippen LogP contribution in [-0.2, 0) is 0 Å². The molecule has 4 nitrogen and oxygen atoms in total. The predicted molar refractivity (Wildman–Crippen MR) is 76.2 cm³/mol. The summed E-state index contributed by atoms with van der Waals surface area (Å²) in [5, 5.41) is 3.06. The van der Waals surface area contributed by atoms with Gasteiger partial charge in [0.25, 0.3) is 5.91 Å². The van der Waals surface area contributed by atoms with Crippen molar-refractivity contribution in [2.24, 2.45) is 0 Å². The summed E-state index contributed by atoms with van der Waals surface area (Å²) in [6.07, 6.45) is 0.941. The van der Waals surface area contributed by atoms with Gasteiger partial charge in [0.05, 0.1) is 11.6 Å². The Labute approximate surface area is 116 Å². The molecule has 1 aromatic carbocycles. The lowest BCUT2D eigenvalue weighted by Gasteiger charge is -2.17. The maximum atomic E-state index is 12.1. The number of methoxy groups -OCH3 is 1. The van der Waals surface area contributed by atoms with Crippen LogP contribution in [0.15, 0.2) is 22.7 Å². The van der Waals surface area contributed by atoms with Gasteiger partial charge in [-0.15, -0.1) is 0 Å². The Morgan fingerprint density at radius 2 is 2.22 bits per heavy atom. The minimum atomic E-state index is 0.0226. The molecule has 0 unspecified atom stereocenters. The Kier molecular flexibility index (Phi) is 6.15. The van der Waals surface area contributed by atoms with E-state index in [0.717, 1.165) is 29.7 Å². The summed E-state index contributed by atoms with van der Waals surface area (Å²) >= 11 is 3.38. The van der Waals surface area contributed by atoms with Gasteiger partial charge in [-0.3, -0.25) is 4.79 Å². The Bertz CT molecular complexity index is 410. The second-order valence-electron chi connectivity index (χ2n) is 4.03. The van der Waals surface area contributed by atoms with Crippen molar-refractivity contribution in [2.75, 3.05) is 34.3 Å². The fraction of sp³-hybridized carbons (Fsp3) is 0.462. The van der Waals surface area contributed by atoms with Crippen LogP contribution in [0.5, 0.6) is 5.75 Å². The van der Waals surface area contributed by atoms with Gasteiger partial charge in [-0.1, -0.05) is 0 Å². The molecule has 1 N–H and O–H groups in total. The Hall–Kier alpha value is -1.07. The zero-order valence-electron chi connectivity index (χ0n) is 11.0. The number of rotatable bonds is 6. The van der Waals surface area contributed by atoms with E-state index in [2.05, 4.69) is 21.2 Å². The second kappa shape index (κ2) is 7.38. The fourth-order valence-corrected chi connectivity index (χ4v) is 2.16. The van der Waals surface area contributed by atoms with Crippen molar-refractivity contribution < 1.29 is 9.53 Å². The predicted octanol–water partition coefficient (Wildman–Crippen LogP) is 2.14. The second-order valence-corrected chi connectivity index (χ2v) is 4.89. The number of ether oxygens (including phenoxy) is 1. The molecule has 1 rings (SSSR count). The van der Waals surface area contributed by atoms with Crippen LogP contribution in [0.2, 0.25) is 0 Å². The van der Waals surface area contributed by atoms with Crippen LogP contribution in [0.25, 0.3) is 0 Å². The topological polar surface area (TPSA) is 41.6 Å². The fourth-order valence-electron chi connectivity index (χ4n) is 1.61. The lowest BCUT2D eigenvalue weighted by Crippen LogP contribution is -2.29. The summed E-state index contributed by atoms with van der Waals surface area (Å²) < 4.78 is 5.93. The van der Waals surface area contributed by atoms with Crippen LogP contribution in [0.3, 0.4) is 0 Å². The molecule has 0 aliphatic carbocycles. The number of amides is 1. The smallest absolute Gasteiger partial charge is 0.253 e. The van der Waals surface area contributed by atoms with Gasteiger partial charge in [0.1, 0.15) is 5.75 Å². The summed E-state index contributed by atoms with van der Waals surface area (Å²) in [5.74, 6) is 0.749. The van der Waals surface area contributed by atoms with Crippen molar-refractivity contribution in [1.82, 2.24) is 10.2 Å². The maximum absolute atomic E-state index is 12.1. The van der Waals surface area contributed by atoms with Gasteiger partial charge >= 0.3 is 0 Å². The number of nitrogens with zero attached hydrogens (tertiary/aromatic N) is 1. The van der Waals surface area contributed by atoms with Crippen LogP contribution in [0.1, 0.15) is 16.8 Å². The minimum absolute atomic E-state index is 0.0226. The van der Waals surface area contributed by atoms with E-state index in [0.29, 0.717) is 5.56 Å². The summed E-state index contributed by atoms with van der Waals surface area (Å²) in [6, 6.07) is 5.36. The number of halogens is 1. The molecule has 0 radical (unpaired) electrons. The van der Waals surface area contributed by atoms with Crippen molar-refractivity contribution in [1.29, 1.82) is 0 Å². The molecule has 100 valence electrons. The van der Waals surface area contributed by atoms with Crippen molar-refractivity contribution in [3.8, 4) is 5.75 Å². The summed E-state index contributed by atoms with van der Waals surface area (Å²) in [4.78, 5) is 13.9. The van der Waals surface area contributed by atoms with Gasteiger partial charge in [-0.2, -0.15) is 0 Å². The van der Waals surface area contributed by atoms with E-state index in [-0.39, 0.29) is 5.91 Å². The van der Waals surface area contributed by atoms with E-state index in [1.54, 1.807) is 30.2 Å². The van der Waals surface area contributed by atoms with Gasteiger partial charge in [-0.05, 0) is 54.1 Å². The van der Waals surface area contributed by atoms with E-state index in [4.69, 9.17) is 4.74 Å². The normalized spacial score (nSPS) is 10.2. The van der Waals surface area contributed by atoms with Crippen LogP contribution in [0.4, 0.5) is 0 Å². The van der Waals surface area contributed by atoms with E-state index in [1.165, 1.54) is 0 Å². The molecule has 0 aliphatic heterocycles. The molecule has 1 amide bonds. The average molecular weight is 315 g/mol. The van der Waals surface area contributed by atoms with Crippen LogP contribution < -0.4 is 10.1 Å². The summed E-state index contributed by atoms with van der Waals surface area (Å²) in [5.41, 5.74) is 0.662. The molecule has 5 heteroatoms. The third-order valence-corrected chi connectivity index (χ3v) is 3.29. The number of carbonyl (C=O) groups excluding carboxylic acids is 1. The van der Waals surface area contributed by atoms with Gasteiger partial charge in [-0.25, -0.2) is 0 Å². The zero-order valence-corrected chi connectivity index (χ0v) is 12.6. The van der Waals surface area contributed by atoms with E-state index < -0.39 is 0 Å². The monoisotopic (exact) mass is 314 g/mol. The molecule has 0 saturated heterocycles. The molecule has 0 aromatic heterocycles. The van der Waals surface area contributed by atoms with Crippen molar-refractivity contribution in [3.63, 3.8) is 0 Å². The Morgan fingerprint density at radius 3 is 2.78 bits per heavy atom. The van der Waals surface area contributed by atoms with Crippen molar-refractivity contribution >= 4 is 21.8 Å². The van der Waals surface area contributed by atoms with Gasteiger partial charge in [0, 0.05) is 19.2 Å². The highest BCUT2D eigenvalue weighted by Crippen LogP contribution is 2.25. The third-order valence-electron chi connectivity index (χ3n) is 2.67. The molecule has 0 atom stereocenters. The van der Waals surface area contributed by atoms with Gasteiger partial charge in [0.15, 0.2) is 0 Å². The average Bonchev–Trinajstić information content (AvgIpc) is 2.38. The Morgan fingerprint density at radius 1 is 1.50 bits per heavy atom. The molecular weight excluding hydrogens is 296 g/mol. The first-order chi connectivity index (χ1) is 8.60. The minimum Gasteiger partial charge on any atom is -0.496 e. The molecule has 0 aliphatic rings. The van der Waals surface area contributed by atoms with Gasteiger partial charge < -0.3 is 15.0 Å². The molecule has 1 aromatic rings. The van der Waals surface area contributed by atoms with Gasteiger partial charge in [0.2, 0.25) is 0 Å². The van der Waals surface area contributed by atoms with Crippen LogP contribution in [0, 0.1) is 0 Å². The molecule has 0 heterocycles. The largest absolute Gasteiger partial charge is 0.496 e. The Balaban J connectivity index is 2.68. The first-order valence-electron chi connectivity index (χ1n) is 5.83. The highest BCUT2D eigenvalue weighted by molar-refractivity contribution is 9.10. The van der Waals surface area contributed by atoms with Crippen LogP contribution in [-0.4, -0.2) is 45.1 Å². The lowest BCUT2D eigenvalue weighted by molar-refractivity contribution is 0.0793. The first-order valence-corrected chi connectivity index (χ1v) is 6.63. The summed E-state index contributed by atoms with van der Waals surface area (Å²) in [7, 11) is 5.32. The number of hydrogen-bond donors (Lipinski definition) is 1. The van der Waals surface area contributed by atoms with E-state index in [1.807, 2.05) is 14.1 Å². The molecule has 0 saturated carbocycles. The number of benzene rings is 1. The number of nitrogens with one attached hydrogen (secondary N) is 1. The zero-order chi connectivity index (χ0) is 13.5. The standard InChI is InChI=1S/C13H19BrN2O2/c1-15-7-4-8-16(2)13(17)10-5-6-12(18-3)11(14)9-10/h5-6,9,15H,4,7-8H2,1-3H3. The van der Waals surface area contributed by atoms with E-state index in [9.17, 15) is 4.79 Å². The molecule has 0 fully saturated rings. The van der Waals surface area contributed by atoms with Crippen LogP contribution >= 0.6 is 15.9 Å². The number of carbonyl (C=O) groups is 1. The molecule has 0 bridgehead atoms. The summed E-state index contributed by atoms with van der Waals surface area (Å²) in [6.45, 7) is 1.65. The highest BCUT2D eigenvalue weighted by Gasteiger charge is 2.12. The first kappa shape index (κ1) is 15.0. The lowest BCUT2D eigenvalue weighted by atomic mass is 10.2. The van der Waals surface area contributed by atoms with Crippen molar-refractivity contribution in [3.05, 3.63) is 28.2 Å². The highest BCUT2D eigenvalue weighted by atomic mass is 79.9. The molecular formula is C13H19BrN2O2. The number of hydrogen-bond acceptors (Lipinski definition) is 3. The van der Waals surface area contributed by atoms with E-state index >= 15 is 0 Å². The SMILES string of the molecule is CNCCCN(C)C(=O)c1ccc(OC)c(Br)c1. The third kappa shape index (κ3) is 3.99. The molecule has 0 spiro atoms.